The molecule has 4 aromatic rings. The highest BCUT2D eigenvalue weighted by atomic mass is 16.1. The molecule has 0 bridgehead atoms. The van der Waals surface area contributed by atoms with E-state index in [1.165, 1.54) is 4.68 Å². The largest absolute Gasteiger partial charge is 0.323 e. The Morgan fingerprint density at radius 2 is 1.75 bits per heavy atom. The van der Waals surface area contributed by atoms with E-state index in [-0.39, 0.29) is 5.56 Å². The molecule has 24 heavy (non-hydrogen) atoms. The van der Waals surface area contributed by atoms with Crippen LogP contribution in [-0.4, -0.2) is 20.0 Å². The first-order valence-corrected chi connectivity index (χ1v) is 7.58. The monoisotopic (exact) mass is 317 g/mol. The number of hydrogen-bond donors (Lipinski definition) is 2. The summed E-state index contributed by atoms with van der Waals surface area (Å²) in [4.78, 5) is 12.9. The van der Waals surface area contributed by atoms with Gasteiger partial charge in [-0.05, 0) is 24.6 Å². The van der Waals surface area contributed by atoms with Gasteiger partial charge < -0.3 is 5.32 Å². The number of aromatic nitrogens is 4. The number of nitrogens with one attached hydrogen (secondary N) is 2. The normalized spacial score (nSPS) is 10.9. The highest BCUT2D eigenvalue weighted by Gasteiger charge is 2.13. The molecule has 118 valence electrons. The topological polar surface area (TPSA) is 75.6 Å². The average Bonchev–Trinajstić information content (AvgIpc) is 3.11. The van der Waals surface area contributed by atoms with Crippen molar-refractivity contribution in [3.63, 3.8) is 0 Å². The minimum atomic E-state index is -0.143. The quantitative estimate of drug-likeness (QED) is 0.608. The molecule has 2 N–H and O–H groups in total. The summed E-state index contributed by atoms with van der Waals surface area (Å²) >= 11 is 0. The number of fused-ring (bicyclic) bond motifs is 1. The van der Waals surface area contributed by atoms with E-state index in [0.717, 1.165) is 16.6 Å². The fourth-order valence-electron chi connectivity index (χ4n) is 2.70. The zero-order valence-corrected chi connectivity index (χ0v) is 13.0. The molecular formula is C18H15N5O. The van der Waals surface area contributed by atoms with Gasteiger partial charge in [0.05, 0.1) is 17.3 Å². The van der Waals surface area contributed by atoms with Crippen molar-refractivity contribution < 1.29 is 0 Å². The molecule has 0 spiro atoms. The fraction of sp³-hybridized carbons (Fsp3) is 0.0556. The molecule has 0 saturated heterocycles. The van der Waals surface area contributed by atoms with Gasteiger partial charge in [-0.15, -0.1) is 5.10 Å². The molecular weight excluding hydrogens is 302 g/mol. The number of anilines is 2. The van der Waals surface area contributed by atoms with Gasteiger partial charge in [-0.2, -0.15) is 9.78 Å². The van der Waals surface area contributed by atoms with Gasteiger partial charge in [0.1, 0.15) is 5.82 Å². The smallest absolute Gasteiger partial charge is 0.279 e. The third-order valence-corrected chi connectivity index (χ3v) is 3.90. The van der Waals surface area contributed by atoms with Gasteiger partial charge in [0.15, 0.2) is 5.82 Å². The minimum Gasteiger partial charge on any atom is -0.323 e. The van der Waals surface area contributed by atoms with Crippen molar-refractivity contribution in [2.45, 2.75) is 6.92 Å². The maximum Gasteiger partial charge on any atom is 0.279 e. The number of nitrogens with zero attached hydrogens (tertiary/aromatic N) is 3. The molecule has 0 unspecified atom stereocenters. The molecule has 6 heteroatoms. The van der Waals surface area contributed by atoms with Gasteiger partial charge in [0.2, 0.25) is 0 Å². The lowest BCUT2D eigenvalue weighted by Gasteiger charge is -2.13. The summed E-state index contributed by atoms with van der Waals surface area (Å²) in [6, 6.07) is 16.9. The van der Waals surface area contributed by atoms with Crippen LogP contribution in [0.2, 0.25) is 0 Å². The van der Waals surface area contributed by atoms with Gasteiger partial charge in [0.25, 0.3) is 5.56 Å². The molecule has 6 nitrogen and oxygen atoms in total. The number of rotatable bonds is 3. The minimum absolute atomic E-state index is 0.143. The Balaban J connectivity index is 2.00. The van der Waals surface area contributed by atoms with Crippen LogP contribution in [-0.2, 0) is 0 Å². The summed E-state index contributed by atoms with van der Waals surface area (Å²) in [6.45, 7) is 1.96. The molecule has 0 aliphatic heterocycles. The van der Waals surface area contributed by atoms with Crippen LogP contribution in [0.3, 0.4) is 0 Å². The Labute approximate surface area is 137 Å². The second kappa shape index (κ2) is 5.66. The van der Waals surface area contributed by atoms with Crippen LogP contribution < -0.4 is 10.9 Å². The van der Waals surface area contributed by atoms with Crippen molar-refractivity contribution >= 4 is 22.4 Å². The zero-order valence-electron chi connectivity index (χ0n) is 13.0. The average molecular weight is 317 g/mol. The number of H-pyrrole nitrogens is 1. The molecule has 0 saturated carbocycles. The van der Waals surface area contributed by atoms with Crippen LogP contribution in [0.15, 0.2) is 65.6 Å². The Bertz CT molecular complexity index is 1070. The van der Waals surface area contributed by atoms with Crippen molar-refractivity contribution in [3.05, 3.63) is 76.7 Å². The fourth-order valence-corrected chi connectivity index (χ4v) is 2.70. The van der Waals surface area contributed by atoms with E-state index in [9.17, 15) is 4.79 Å². The Morgan fingerprint density at radius 3 is 2.50 bits per heavy atom. The van der Waals surface area contributed by atoms with Crippen molar-refractivity contribution in [3.8, 4) is 5.69 Å². The lowest BCUT2D eigenvalue weighted by Crippen LogP contribution is -2.23. The predicted octanol–water partition coefficient (Wildman–Crippen LogP) is 3.16. The third-order valence-electron chi connectivity index (χ3n) is 3.90. The molecule has 0 aliphatic rings. The maximum atomic E-state index is 12.9. The first-order valence-electron chi connectivity index (χ1n) is 7.58. The summed E-state index contributed by atoms with van der Waals surface area (Å²) in [5.74, 6) is 1.31. The van der Waals surface area contributed by atoms with Gasteiger partial charge in [0, 0.05) is 11.5 Å². The summed E-state index contributed by atoms with van der Waals surface area (Å²) in [6.07, 6.45) is 1.65. The van der Waals surface area contributed by atoms with Gasteiger partial charge >= 0.3 is 0 Å². The van der Waals surface area contributed by atoms with Crippen LogP contribution in [0, 0.1) is 6.92 Å². The molecule has 0 fully saturated rings. The number of para-hydroxylation sites is 1. The lowest BCUT2D eigenvalue weighted by molar-refractivity contribution is 0.820. The Hall–Kier alpha value is -3.41. The van der Waals surface area contributed by atoms with Crippen LogP contribution in [0.4, 0.5) is 11.6 Å². The summed E-state index contributed by atoms with van der Waals surface area (Å²) in [7, 11) is 0. The van der Waals surface area contributed by atoms with E-state index in [1.54, 1.807) is 12.3 Å². The van der Waals surface area contributed by atoms with Crippen LogP contribution in [0.25, 0.3) is 16.5 Å². The first kappa shape index (κ1) is 14.2. The van der Waals surface area contributed by atoms with Crippen molar-refractivity contribution in [1.29, 1.82) is 0 Å². The first-order chi connectivity index (χ1) is 11.7. The molecule has 2 aromatic carbocycles. The van der Waals surface area contributed by atoms with Crippen molar-refractivity contribution in [2.75, 3.05) is 5.32 Å². The molecule has 2 heterocycles. The Morgan fingerprint density at radius 1 is 1.00 bits per heavy atom. The predicted molar refractivity (Wildman–Crippen MR) is 93.9 cm³/mol. The van der Waals surface area contributed by atoms with E-state index in [1.807, 2.05) is 55.5 Å². The summed E-state index contributed by atoms with van der Waals surface area (Å²) in [5.41, 5.74) is 1.60. The van der Waals surface area contributed by atoms with E-state index in [0.29, 0.717) is 17.0 Å². The van der Waals surface area contributed by atoms with Gasteiger partial charge in [-0.25, -0.2) is 0 Å². The number of aromatic amines is 1. The second-order valence-electron chi connectivity index (χ2n) is 5.49. The molecule has 0 radical (unpaired) electrons. The maximum absolute atomic E-state index is 12.9. The molecule has 0 aliphatic carbocycles. The van der Waals surface area contributed by atoms with Crippen molar-refractivity contribution in [2.24, 2.45) is 0 Å². The third kappa shape index (κ3) is 2.34. The van der Waals surface area contributed by atoms with Crippen LogP contribution in [0.1, 0.15) is 5.56 Å². The molecule has 0 amide bonds. The lowest BCUT2D eigenvalue weighted by atomic mass is 10.1. The SMILES string of the molecule is Cc1ccccc1-n1nc(Nc2ccn[nH]2)c2ccccc2c1=O. The molecule has 4 rings (SSSR count). The molecule has 0 atom stereocenters. The van der Waals surface area contributed by atoms with Crippen LogP contribution >= 0.6 is 0 Å². The highest BCUT2D eigenvalue weighted by Crippen LogP contribution is 2.22. The zero-order chi connectivity index (χ0) is 16.5. The van der Waals surface area contributed by atoms with Gasteiger partial charge in [-0.3, -0.25) is 9.89 Å². The number of hydrogen-bond acceptors (Lipinski definition) is 4. The van der Waals surface area contributed by atoms with E-state index in [2.05, 4.69) is 20.6 Å². The Kier molecular flexibility index (Phi) is 3.35. The second-order valence-corrected chi connectivity index (χ2v) is 5.49. The van der Waals surface area contributed by atoms with Crippen molar-refractivity contribution in [1.82, 2.24) is 20.0 Å². The number of aryl methyl sites for hydroxylation is 1. The van der Waals surface area contributed by atoms with E-state index >= 15 is 0 Å². The summed E-state index contributed by atoms with van der Waals surface area (Å²) in [5, 5.41) is 15.9. The number of benzene rings is 2. The van der Waals surface area contributed by atoms with E-state index in [4.69, 9.17) is 0 Å². The van der Waals surface area contributed by atoms with Crippen LogP contribution in [0.5, 0.6) is 0 Å². The highest BCUT2D eigenvalue weighted by molar-refractivity contribution is 5.92. The summed E-state index contributed by atoms with van der Waals surface area (Å²) < 4.78 is 1.44. The van der Waals surface area contributed by atoms with E-state index < -0.39 is 0 Å². The molecule has 2 aromatic heterocycles. The van der Waals surface area contributed by atoms with Gasteiger partial charge in [-0.1, -0.05) is 36.4 Å². The standard InChI is InChI=1S/C18H15N5O/c1-12-6-2-5-9-15(12)23-18(24)14-8-4-3-7-13(14)17(22-23)20-16-10-11-19-21-16/h2-11H,1H3,(H2,19,20,21,22).